The van der Waals surface area contributed by atoms with E-state index < -0.39 is 11.6 Å². The van der Waals surface area contributed by atoms with Gasteiger partial charge < -0.3 is 10.8 Å². The van der Waals surface area contributed by atoms with E-state index >= 15 is 0 Å². The Morgan fingerprint density at radius 2 is 1.88 bits per heavy atom. The average Bonchev–Trinajstić information content (AvgIpc) is 2.39. The molecule has 1 aromatic rings. The van der Waals surface area contributed by atoms with Crippen LogP contribution < -0.4 is 5.73 Å². The second-order valence-electron chi connectivity index (χ2n) is 5.05. The molecule has 1 atom stereocenters. The highest BCUT2D eigenvalue weighted by Gasteiger charge is 2.40. The van der Waals surface area contributed by atoms with E-state index in [-0.39, 0.29) is 5.75 Å². The first-order valence-electron chi connectivity index (χ1n) is 6.32. The molecule has 94 valence electrons. The highest BCUT2D eigenvalue weighted by molar-refractivity contribution is 5.35. The van der Waals surface area contributed by atoms with Crippen molar-refractivity contribution in [2.24, 2.45) is 11.1 Å². The van der Waals surface area contributed by atoms with Gasteiger partial charge in [-0.2, -0.15) is 0 Å². The topological polar surface area (TPSA) is 46.2 Å². The van der Waals surface area contributed by atoms with Gasteiger partial charge in [-0.15, -0.1) is 0 Å². The molecule has 0 saturated heterocycles. The summed E-state index contributed by atoms with van der Waals surface area (Å²) in [5.74, 6) is 0.0402. The van der Waals surface area contributed by atoms with Crippen LogP contribution in [0.25, 0.3) is 0 Å². The Labute approximate surface area is 102 Å². The van der Waals surface area contributed by atoms with Crippen molar-refractivity contribution in [3.8, 4) is 5.75 Å². The molecular weight excluding hydrogens is 217 g/mol. The van der Waals surface area contributed by atoms with E-state index in [1.54, 1.807) is 18.2 Å². The summed E-state index contributed by atoms with van der Waals surface area (Å²) in [4.78, 5) is 0. The van der Waals surface area contributed by atoms with Gasteiger partial charge in [0.1, 0.15) is 11.9 Å². The van der Waals surface area contributed by atoms with Crippen molar-refractivity contribution in [2.45, 2.75) is 38.3 Å². The van der Waals surface area contributed by atoms with Gasteiger partial charge in [-0.1, -0.05) is 37.5 Å². The van der Waals surface area contributed by atoms with E-state index in [4.69, 9.17) is 5.73 Å². The summed E-state index contributed by atoms with van der Waals surface area (Å²) < 4.78 is 14.7. The molecule has 3 N–H and O–H groups in total. The second kappa shape index (κ2) is 5.05. The Balaban J connectivity index is 2.28. The quantitative estimate of drug-likeness (QED) is 0.847. The maximum Gasteiger partial charge on any atom is 0.135 e. The molecule has 0 aliphatic heterocycles. The number of halogens is 1. The lowest BCUT2D eigenvalue weighted by atomic mass is 9.69. The summed E-state index contributed by atoms with van der Waals surface area (Å²) in [5.41, 5.74) is 5.72. The Morgan fingerprint density at radius 3 is 2.47 bits per heavy atom. The molecule has 0 bridgehead atoms. The number of nitrogens with two attached hydrogens (primary N) is 1. The maximum absolute atomic E-state index is 14.7. The Morgan fingerprint density at radius 1 is 1.24 bits per heavy atom. The normalized spacial score (nSPS) is 21.1. The van der Waals surface area contributed by atoms with Crippen molar-refractivity contribution >= 4 is 0 Å². The molecular formula is C14H20FNO. The molecule has 1 aromatic carbocycles. The van der Waals surface area contributed by atoms with Gasteiger partial charge in [-0.05, 0) is 18.9 Å². The molecule has 3 heteroatoms. The zero-order valence-electron chi connectivity index (χ0n) is 10.0. The minimum absolute atomic E-state index is 0.0402. The van der Waals surface area contributed by atoms with Crippen LogP contribution in [0.1, 0.15) is 43.8 Å². The summed E-state index contributed by atoms with van der Waals surface area (Å²) >= 11 is 0. The number of rotatable bonds is 3. The molecule has 17 heavy (non-hydrogen) atoms. The van der Waals surface area contributed by atoms with E-state index in [1.807, 2.05) is 0 Å². The zero-order valence-corrected chi connectivity index (χ0v) is 10.0. The molecule has 1 saturated carbocycles. The van der Waals surface area contributed by atoms with Gasteiger partial charge in [-0.3, -0.25) is 0 Å². The van der Waals surface area contributed by atoms with Gasteiger partial charge in [0.25, 0.3) is 0 Å². The summed E-state index contributed by atoms with van der Waals surface area (Å²) in [6, 6.07) is 6.66. The molecule has 0 spiro atoms. The summed E-state index contributed by atoms with van der Waals surface area (Å²) in [5, 5.41) is 9.74. The van der Waals surface area contributed by atoms with Crippen molar-refractivity contribution < 1.29 is 9.50 Å². The standard InChI is InChI=1S/C14H20FNO/c15-13(11-6-2-3-7-12(11)17)14(10-16)8-4-1-5-9-14/h2-3,6-7,13,17H,1,4-5,8-10,16H2. The Kier molecular flexibility index (Phi) is 3.67. The minimum Gasteiger partial charge on any atom is -0.508 e. The van der Waals surface area contributed by atoms with Crippen LogP contribution in [0.15, 0.2) is 24.3 Å². The first-order chi connectivity index (χ1) is 8.19. The van der Waals surface area contributed by atoms with Crippen molar-refractivity contribution in [1.29, 1.82) is 0 Å². The predicted molar refractivity (Wildman–Crippen MR) is 66.5 cm³/mol. The largest absolute Gasteiger partial charge is 0.508 e. The minimum atomic E-state index is -1.16. The molecule has 2 rings (SSSR count). The highest BCUT2D eigenvalue weighted by atomic mass is 19.1. The highest BCUT2D eigenvalue weighted by Crippen LogP contribution is 2.49. The van der Waals surface area contributed by atoms with E-state index in [0.29, 0.717) is 12.1 Å². The fraction of sp³-hybridized carbons (Fsp3) is 0.571. The molecule has 0 radical (unpaired) electrons. The van der Waals surface area contributed by atoms with Crippen LogP contribution in [0.5, 0.6) is 5.75 Å². The fourth-order valence-corrected chi connectivity index (χ4v) is 2.85. The molecule has 2 nitrogen and oxygen atoms in total. The second-order valence-corrected chi connectivity index (χ2v) is 5.05. The van der Waals surface area contributed by atoms with Gasteiger partial charge >= 0.3 is 0 Å². The molecule has 1 fully saturated rings. The molecule has 0 heterocycles. The van der Waals surface area contributed by atoms with Gasteiger partial charge in [0.15, 0.2) is 0 Å². The molecule has 1 unspecified atom stereocenters. The third-order valence-electron chi connectivity index (χ3n) is 4.00. The number of phenolic OH excluding ortho intramolecular Hbond substituents is 1. The predicted octanol–water partition coefficient (Wildman–Crippen LogP) is 3.31. The van der Waals surface area contributed by atoms with Crippen LogP contribution >= 0.6 is 0 Å². The summed E-state index contributed by atoms with van der Waals surface area (Å²) in [7, 11) is 0. The Hall–Kier alpha value is -1.09. The first-order valence-corrected chi connectivity index (χ1v) is 6.32. The number of benzene rings is 1. The fourth-order valence-electron chi connectivity index (χ4n) is 2.85. The third-order valence-corrected chi connectivity index (χ3v) is 4.00. The maximum atomic E-state index is 14.7. The Bertz CT molecular complexity index is 374. The van der Waals surface area contributed by atoms with E-state index in [0.717, 1.165) is 32.1 Å². The van der Waals surface area contributed by atoms with Crippen LogP contribution in [-0.4, -0.2) is 11.7 Å². The van der Waals surface area contributed by atoms with Crippen molar-refractivity contribution in [1.82, 2.24) is 0 Å². The molecule has 1 aliphatic rings. The van der Waals surface area contributed by atoms with Crippen LogP contribution in [0.3, 0.4) is 0 Å². The first kappa shape index (κ1) is 12.4. The number of hydrogen-bond acceptors (Lipinski definition) is 2. The smallest absolute Gasteiger partial charge is 0.135 e. The number of aromatic hydroxyl groups is 1. The van der Waals surface area contributed by atoms with Crippen LogP contribution in [0, 0.1) is 5.41 Å². The van der Waals surface area contributed by atoms with Crippen molar-refractivity contribution in [2.75, 3.05) is 6.54 Å². The van der Waals surface area contributed by atoms with Crippen molar-refractivity contribution in [3.63, 3.8) is 0 Å². The zero-order chi connectivity index (χ0) is 12.3. The van der Waals surface area contributed by atoms with Gasteiger partial charge in [0.2, 0.25) is 0 Å². The number of para-hydroxylation sites is 1. The van der Waals surface area contributed by atoms with Gasteiger partial charge in [-0.25, -0.2) is 4.39 Å². The third kappa shape index (κ3) is 2.29. The molecule has 1 aliphatic carbocycles. The summed E-state index contributed by atoms with van der Waals surface area (Å²) in [6.45, 7) is 0.350. The van der Waals surface area contributed by atoms with Crippen LogP contribution in [0.4, 0.5) is 4.39 Å². The molecule has 0 amide bonds. The lowest BCUT2D eigenvalue weighted by Gasteiger charge is -2.39. The molecule has 0 aromatic heterocycles. The number of alkyl halides is 1. The lowest BCUT2D eigenvalue weighted by Crippen LogP contribution is -2.37. The van der Waals surface area contributed by atoms with Gasteiger partial charge in [0.05, 0.1) is 0 Å². The average molecular weight is 237 g/mol. The number of hydrogen-bond donors (Lipinski definition) is 2. The van der Waals surface area contributed by atoms with E-state index in [2.05, 4.69) is 0 Å². The lowest BCUT2D eigenvalue weighted by molar-refractivity contribution is 0.0660. The van der Waals surface area contributed by atoms with Crippen LogP contribution in [-0.2, 0) is 0 Å². The number of phenols is 1. The SMILES string of the molecule is NCC1(C(F)c2ccccc2O)CCCCC1. The monoisotopic (exact) mass is 237 g/mol. The van der Waals surface area contributed by atoms with Crippen LogP contribution in [0.2, 0.25) is 0 Å². The van der Waals surface area contributed by atoms with Gasteiger partial charge in [0, 0.05) is 17.5 Å². The van der Waals surface area contributed by atoms with E-state index in [9.17, 15) is 9.50 Å². The van der Waals surface area contributed by atoms with Crippen molar-refractivity contribution in [3.05, 3.63) is 29.8 Å². The summed E-state index contributed by atoms with van der Waals surface area (Å²) in [6.07, 6.45) is 3.71. The van der Waals surface area contributed by atoms with E-state index in [1.165, 1.54) is 6.07 Å².